The van der Waals surface area contributed by atoms with Gasteiger partial charge in [0, 0.05) is 19.1 Å². The summed E-state index contributed by atoms with van der Waals surface area (Å²) < 4.78 is 1.18. The molecule has 0 fully saturated rings. The topological polar surface area (TPSA) is 41.6 Å². The third-order valence-electron chi connectivity index (χ3n) is 3.21. The molecule has 0 aromatic carbocycles. The molecular formula is C13H14BrN3S2. The molecule has 0 amide bonds. The number of rotatable bonds is 3. The Morgan fingerprint density at radius 1 is 1.58 bits per heavy atom. The molecule has 2 aromatic heterocycles. The maximum atomic E-state index is 6.04. The average Bonchev–Trinajstić information content (AvgIpc) is 3.06. The number of aryl methyl sites for hydroxylation is 1. The Bertz CT molecular complexity index is 584. The van der Waals surface area contributed by atoms with Crippen LogP contribution >= 0.6 is 38.6 Å². The van der Waals surface area contributed by atoms with Gasteiger partial charge in [0.1, 0.15) is 0 Å². The second kappa shape index (κ2) is 5.26. The van der Waals surface area contributed by atoms with E-state index in [1.54, 1.807) is 11.3 Å². The van der Waals surface area contributed by atoms with Gasteiger partial charge < -0.3 is 10.6 Å². The predicted octanol–water partition coefficient (Wildman–Crippen LogP) is 3.75. The van der Waals surface area contributed by atoms with Crippen molar-refractivity contribution in [3.63, 3.8) is 0 Å². The van der Waals surface area contributed by atoms with Gasteiger partial charge in [0.15, 0.2) is 5.96 Å². The number of nitrogens with two attached hydrogens (primary N) is 1. The largest absolute Gasteiger partial charge is 0.370 e. The molecule has 19 heavy (non-hydrogen) atoms. The molecule has 0 saturated heterocycles. The molecule has 1 aliphatic heterocycles. The van der Waals surface area contributed by atoms with E-state index in [1.165, 1.54) is 19.1 Å². The molecular weight excluding hydrogens is 342 g/mol. The van der Waals surface area contributed by atoms with Gasteiger partial charge in [-0.05, 0) is 40.4 Å². The maximum Gasteiger partial charge on any atom is 0.192 e. The Morgan fingerprint density at radius 3 is 3.05 bits per heavy atom. The van der Waals surface area contributed by atoms with Gasteiger partial charge in [0.2, 0.25) is 0 Å². The fourth-order valence-electron chi connectivity index (χ4n) is 2.18. The normalized spacial score (nSPS) is 18.9. The molecule has 0 bridgehead atoms. The van der Waals surface area contributed by atoms with Gasteiger partial charge in [-0.2, -0.15) is 0 Å². The SMILES string of the molecule is Cc1sc(C2CN=C(N)N2Cc2cccs2)cc1Br. The van der Waals surface area contributed by atoms with Crippen LogP contribution in [0.2, 0.25) is 0 Å². The van der Waals surface area contributed by atoms with E-state index in [4.69, 9.17) is 5.73 Å². The van der Waals surface area contributed by atoms with Gasteiger partial charge in [-0.3, -0.25) is 4.99 Å². The third kappa shape index (κ3) is 2.57. The number of hydrogen-bond donors (Lipinski definition) is 1. The van der Waals surface area contributed by atoms with Crippen molar-refractivity contribution in [2.75, 3.05) is 6.54 Å². The molecule has 2 N–H and O–H groups in total. The zero-order valence-electron chi connectivity index (χ0n) is 10.5. The monoisotopic (exact) mass is 355 g/mol. The van der Waals surface area contributed by atoms with E-state index in [0.29, 0.717) is 5.96 Å². The minimum absolute atomic E-state index is 0.275. The molecule has 2 aromatic rings. The summed E-state index contributed by atoms with van der Waals surface area (Å²) in [4.78, 5) is 10.6. The number of halogens is 1. The molecule has 0 radical (unpaired) electrons. The first-order valence-corrected chi connectivity index (χ1v) is 8.49. The van der Waals surface area contributed by atoms with E-state index in [0.717, 1.165) is 13.1 Å². The highest BCUT2D eigenvalue weighted by molar-refractivity contribution is 9.10. The fraction of sp³-hybridized carbons (Fsp3) is 0.308. The first kappa shape index (κ1) is 13.1. The summed E-state index contributed by atoms with van der Waals surface area (Å²) in [5.74, 6) is 0.653. The summed E-state index contributed by atoms with van der Waals surface area (Å²) in [6.45, 7) is 3.72. The summed E-state index contributed by atoms with van der Waals surface area (Å²) in [5.41, 5.74) is 6.04. The van der Waals surface area contributed by atoms with E-state index in [-0.39, 0.29) is 6.04 Å². The molecule has 1 unspecified atom stereocenters. The lowest BCUT2D eigenvalue weighted by atomic mass is 10.2. The molecule has 0 spiro atoms. The average molecular weight is 356 g/mol. The van der Waals surface area contributed by atoms with Gasteiger partial charge in [0.05, 0.1) is 19.1 Å². The number of nitrogens with zero attached hydrogens (tertiary/aromatic N) is 2. The van der Waals surface area contributed by atoms with Crippen LogP contribution < -0.4 is 5.73 Å². The van der Waals surface area contributed by atoms with Gasteiger partial charge in [-0.15, -0.1) is 22.7 Å². The summed E-state index contributed by atoms with van der Waals surface area (Å²) in [6, 6.07) is 6.69. The summed E-state index contributed by atoms with van der Waals surface area (Å²) in [7, 11) is 0. The quantitative estimate of drug-likeness (QED) is 0.910. The lowest BCUT2D eigenvalue weighted by molar-refractivity contribution is 0.347. The molecule has 3 nitrogen and oxygen atoms in total. The van der Waals surface area contributed by atoms with Crippen LogP contribution in [0.5, 0.6) is 0 Å². The van der Waals surface area contributed by atoms with E-state index in [2.05, 4.69) is 56.3 Å². The highest BCUT2D eigenvalue weighted by Crippen LogP contribution is 2.36. The molecule has 1 aliphatic rings. The third-order valence-corrected chi connectivity index (χ3v) is 6.31. The number of thiophene rings is 2. The van der Waals surface area contributed by atoms with Crippen molar-refractivity contribution in [2.45, 2.75) is 19.5 Å². The zero-order valence-corrected chi connectivity index (χ0v) is 13.7. The van der Waals surface area contributed by atoms with Crippen LogP contribution in [0.25, 0.3) is 0 Å². The molecule has 1 atom stereocenters. The first-order valence-electron chi connectivity index (χ1n) is 6.00. The zero-order chi connectivity index (χ0) is 13.4. The minimum Gasteiger partial charge on any atom is -0.370 e. The predicted molar refractivity (Wildman–Crippen MR) is 85.8 cm³/mol. The van der Waals surface area contributed by atoms with Crippen molar-refractivity contribution in [1.29, 1.82) is 0 Å². The minimum atomic E-state index is 0.275. The van der Waals surface area contributed by atoms with E-state index >= 15 is 0 Å². The number of aliphatic imine (C=N–C) groups is 1. The molecule has 3 rings (SSSR count). The Kier molecular flexibility index (Phi) is 3.64. The summed E-state index contributed by atoms with van der Waals surface area (Å²) >= 11 is 7.16. The lowest BCUT2D eigenvalue weighted by Crippen LogP contribution is -2.35. The standard InChI is InChI=1S/C13H14BrN3S2/c1-8-10(14)5-12(19-8)11-6-16-13(15)17(11)7-9-3-2-4-18-9/h2-5,11H,6-7H2,1H3,(H2,15,16). The molecule has 3 heterocycles. The number of guanidine groups is 1. The smallest absolute Gasteiger partial charge is 0.192 e. The van der Waals surface area contributed by atoms with Crippen LogP contribution in [0, 0.1) is 6.92 Å². The van der Waals surface area contributed by atoms with Crippen molar-refractivity contribution in [1.82, 2.24) is 4.90 Å². The van der Waals surface area contributed by atoms with Gasteiger partial charge >= 0.3 is 0 Å². The summed E-state index contributed by atoms with van der Waals surface area (Å²) in [5, 5.41) is 2.10. The van der Waals surface area contributed by atoms with Gasteiger partial charge in [-0.25, -0.2) is 0 Å². The van der Waals surface area contributed by atoms with Gasteiger partial charge in [0.25, 0.3) is 0 Å². The van der Waals surface area contributed by atoms with Crippen LogP contribution in [0.15, 0.2) is 33.0 Å². The number of hydrogen-bond acceptors (Lipinski definition) is 5. The van der Waals surface area contributed by atoms with Crippen LogP contribution in [0.3, 0.4) is 0 Å². The lowest BCUT2D eigenvalue weighted by Gasteiger charge is -2.24. The van der Waals surface area contributed by atoms with Crippen LogP contribution in [-0.2, 0) is 6.54 Å². The van der Waals surface area contributed by atoms with Crippen molar-refractivity contribution in [2.24, 2.45) is 10.7 Å². The van der Waals surface area contributed by atoms with Crippen molar-refractivity contribution >= 4 is 44.6 Å². The maximum absolute atomic E-state index is 6.04. The second-order valence-corrected chi connectivity index (χ2v) is 7.65. The Balaban J connectivity index is 1.85. The van der Waals surface area contributed by atoms with Crippen LogP contribution in [0.1, 0.15) is 20.7 Å². The Morgan fingerprint density at radius 2 is 2.42 bits per heavy atom. The molecule has 0 saturated carbocycles. The molecule has 100 valence electrons. The van der Waals surface area contributed by atoms with E-state index < -0.39 is 0 Å². The first-order chi connectivity index (χ1) is 9.15. The Labute approximate surface area is 128 Å². The van der Waals surface area contributed by atoms with Gasteiger partial charge in [-0.1, -0.05) is 6.07 Å². The van der Waals surface area contributed by atoms with Crippen LogP contribution in [-0.4, -0.2) is 17.4 Å². The van der Waals surface area contributed by atoms with Crippen molar-refractivity contribution in [3.05, 3.63) is 42.7 Å². The molecule has 0 aliphatic carbocycles. The summed E-state index contributed by atoms with van der Waals surface area (Å²) in [6.07, 6.45) is 0. The van der Waals surface area contributed by atoms with Crippen molar-refractivity contribution < 1.29 is 0 Å². The Hall–Kier alpha value is -0.850. The highest BCUT2D eigenvalue weighted by Gasteiger charge is 2.29. The van der Waals surface area contributed by atoms with Crippen LogP contribution in [0.4, 0.5) is 0 Å². The van der Waals surface area contributed by atoms with E-state index in [9.17, 15) is 0 Å². The van der Waals surface area contributed by atoms with Crippen molar-refractivity contribution in [3.8, 4) is 0 Å². The molecule has 6 heteroatoms. The highest BCUT2D eigenvalue weighted by atomic mass is 79.9. The second-order valence-electron chi connectivity index (χ2n) is 4.47. The van der Waals surface area contributed by atoms with E-state index in [1.807, 2.05) is 11.3 Å². The fourth-order valence-corrected chi connectivity index (χ4v) is 4.55.